The molecule has 146 valence electrons. The van der Waals surface area contributed by atoms with Crippen LogP contribution < -0.4 is 14.8 Å². The number of ether oxygens (including phenoxy) is 2. The summed E-state index contributed by atoms with van der Waals surface area (Å²) in [7, 11) is 1.47. The number of alkyl halides is 3. The lowest BCUT2D eigenvalue weighted by Gasteiger charge is -2.11. The molecule has 1 aromatic heterocycles. The summed E-state index contributed by atoms with van der Waals surface area (Å²) in [5.74, 6) is 0.702. The van der Waals surface area contributed by atoms with Crippen molar-refractivity contribution in [3.63, 3.8) is 0 Å². The van der Waals surface area contributed by atoms with Crippen LogP contribution in [0.5, 0.6) is 17.2 Å². The van der Waals surface area contributed by atoms with Crippen molar-refractivity contribution >= 4 is 5.82 Å². The minimum absolute atomic E-state index is 0.0307. The Morgan fingerprint density at radius 3 is 2.46 bits per heavy atom. The average Bonchev–Trinajstić information content (AvgIpc) is 2.66. The van der Waals surface area contributed by atoms with Crippen molar-refractivity contribution in [1.29, 1.82) is 0 Å². The Hall–Kier alpha value is -3.42. The first-order valence-electron chi connectivity index (χ1n) is 8.26. The van der Waals surface area contributed by atoms with Crippen LogP contribution in [0.25, 0.3) is 11.1 Å². The summed E-state index contributed by atoms with van der Waals surface area (Å²) in [6.07, 6.45) is -3.09. The van der Waals surface area contributed by atoms with Gasteiger partial charge in [0.05, 0.1) is 7.11 Å². The topological polar surface area (TPSA) is 63.6 Å². The smallest absolute Gasteiger partial charge is 0.504 e. The molecule has 0 aliphatic heterocycles. The number of halogens is 3. The molecule has 0 spiro atoms. The van der Waals surface area contributed by atoms with E-state index >= 15 is 0 Å². The van der Waals surface area contributed by atoms with E-state index < -0.39 is 6.36 Å². The Bertz CT molecular complexity index is 944. The van der Waals surface area contributed by atoms with E-state index in [0.29, 0.717) is 17.1 Å². The van der Waals surface area contributed by atoms with Crippen LogP contribution in [0.1, 0.15) is 5.56 Å². The second-order valence-corrected chi connectivity index (χ2v) is 5.87. The lowest BCUT2D eigenvalue weighted by atomic mass is 10.1. The standard InChI is InChI=1S/C20H17F3N2O3/c1-27-18-7-5-14(10-17(18)26)15-6-8-19(25-12-15)24-11-13-3-2-4-16(9-13)28-20(21,22)23/h2-10,12,26H,11H2,1H3,(H,24,25). The minimum atomic E-state index is -4.72. The second-order valence-electron chi connectivity index (χ2n) is 5.87. The van der Waals surface area contributed by atoms with Crippen LogP contribution in [0.4, 0.5) is 19.0 Å². The van der Waals surface area contributed by atoms with E-state index in [-0.39, 0.29) is 18.0 Å². The van der Waals surface area contributed by atoms with Crippen LogP contribution >= 0.6 is 0 Å². The van der Waals surface area contributed by atoms with Crippen LogP contribution in [0.3, 0.4) is 0 Å². The summed E-state index contributed by atoms with van der Waals surface area (Å²) in [6, 6.07) is 14.3. The third kappa shape index (κ3) is 5.06. The molecule has 5 nitrogen and oxygen atoms in total. The largest absolute Gasteiger partial charge is 0.573 e. The summed E-state index contributed by atoms with van der Waals surface area (Å²) in [4.78, 5) is 4.29. The summed E-state index contributed by atoms with van der Waals surface area (Å²) in [6.45, 7) is 0.282. The Morgan fingerprint density at radius 2 is 1.82 bits per heavy atom. The van der Waals surface area contributed by atoms with Crippen LogP contribution in [0, 0.1) is 0 Å². The number of nitrogens with one attached hydrogen (secondary N) is 1. The Kier molecular flexibility index (Phi) is 5.58. The fourth-order valence-electron chi connectivity index (χ4n) is 2.58. The fraction of sp³-hybridized carbons (Fsp3) is 0.150. The molecular weight excluding hydrogens is 373 g/mol. The molecule has 0 bridgehead atoms. The molecule has 0 amide bonds. The summed E-state index contributed by atoms with van der Waals surface area (Å²) in [5, 5.41) is 12.9. The first-order valence-corrected chi connectivity index (χ1v) is 8.26. The number of benzene rings is 2. The molecule has 2 aromatic carbocycles. The maximum atomic E-state index is 12.3. The predicted molar refractivity (Wildman–Crippen MR) is 98.3 cm³/mol. The first-order chi connectivity index (χ1) is 13.3. The highest BCUT2D eigenvalue weighted by Crippen LogP contribution is 2.31. The molecule has 0 atom stereocenters. The summed E-state index contributed by atoms with van der Waals surface area (Å²) >= 11 is 0. The van der Waals surface area contributed by atoms with Gasteiger partial charge in [0.15, 0.2) is 11.5 Å². The van der Waals surface area contributed by atoms with Gasteiger partial charge in [0.25, 0.3) is 0 Å². The zero-order valence-electron chi connectivity index (χ0n) is 14.8. The number of hydrogen-bond acceptors (Lipinski definition) is 5. The van der Waals surface area contributed by atoms with Crippen molar-refractivity contribution in [3.8, 4) is 28.4 Å². The van der Waals surface area contributed by atoms with Crippen molar-refractivity contribution in [2.45, 2.75) is 12.9 Å². The zero-order valence-corrected chi connectivity index (χ0v) is 14.8. The number of phenolic OH excluding ortho intramolecular Hbond substituents is 1. The number of hydrogen-bond donors (Lipinski definition) is 2. The van der Waals surface area contributed by atoms with Crippen molar-refractivity contribution in [2.75, 3.05) is 12.4 Å². The first kappa shape index (κ1) is 19.3. The number of methoxy groups -OCH3 is 1. The highest BCUT2D eigenvalue weighted by molar-refractivity contribution is 5.67. The maximum Gasteiger partial charge on any atom is 0.573 e. The zero-order chi connectivity index (χ0) is 20.1. The fourth-order valence-corrected chi connectivity index (χ4v) is 2.58. The number of phenols is 1. The third-order valence-corrected chi connectivity index (χ3v) is 3.88. The quantitative estimate of drug-likeness (QED) is 0.622. The molecule has 0 saturated carbocycles. The van der Waals surface area contributed by atoms with Crippen LogP contribution in [-0.4, -0.2) is 23.6 Å². The van der Waals surface area contributed by atoms with Gasteiger partial charge in [-0.1, -0.05) is 18.2 Å². The van der Waals surface area contributed by atoms with E-state index in [1.807, 2.05) is 6.07 Å². The van der Waals surface area contributed by atoms with E-state index in [2.05, 4.69) is 15.0 Å². The van der Waals surface area contributed by atoms with E-state index in [9.17, 15) is 18.3 Å². The predicted octanol–water partition coefficient (Wildman–Crippen LogP) is 4.97. The number of aromatic hydroxyl groups is 1. The molecule has 1 heterocycles. The molecule has 28 heavy (non-hydrogen) atoms. The van der Waals surface area contributed by atoms with E-state index in [4.69, 9.17) is 4.74 Å². The number of anilines is 1. The monoisotopic (exact) mass is 390 g/mol. The molecule has 2 N–H and O–H groups in total. The summed E-state index contributed by atoms with van der Waals surface area (Å²) in [5.41, 5.74) is 2.19. The number of aromatic nitrogens is 1. The average molecular weight is 390 g/mol. The van der Waals surface area contributed by atoms with Gasteiger partial charge in [-0.2, -0.15) is 0 Å². The molecule has 0 fully saturated rings. The van der Waals surface area contributed by atoms with Crippen molar-refractivity contribution in [1.82, 2.24) is 4.98 Å². The van der Waals surface area contributed by atoms with Gasteiger partial charge in [0, 0.05) is 18.3 Å². The highest BCUT2D eigenvalue weighted by Gasteiger charge is 2.31. The summed E-state index contributed by atoms with van der Waals surface area (Å²) < 4.78 is 45.8. The second kappa shape index (κ2) is 8.08. The lowest BCUT2D eigenvalue weighted by molar-refractivity contribution is -0.274. The van der Waals surface area contributed by atoms with Crippen LogP contribution in [0.15, 0.2) is 60.8 Å². The number of nitrogens with zero attached hydrogens (tertiary/aromatic N) is 1. The van der Waals surface area contributed by atoms with E-state index in [1.165, 1.54) is 25.3 Å². The van der Waals surface area contributed by atoms with Crippen molar-refractivity contribution < 1.29 is 27.8 Å². The Balaban J connectivity index is 1.65. The van der Waals surface area contributed by atoms with Gasteiger partial charge in [0.2, 0.25) is 0 Å². The van der Waals surface area contributed by atoms with Crippen LogP contribution in [-0.2, 0) is 6.54 Å². The lowest BCUT2D eigenvalue weighted by Crippen LogP contribution is -2.17. The molecule has 0 aliphatic carbocycles. The van der Waals surface area contributed by atoms with Gasteiger partial charge in [0.1, 0.15) is 11.6 Å². The number of pyridine rings is 1. The van der Waals surface area contributed by atoms with Gasteiger partial charge < -0.3 is 19.9 Å². The van der Waals surface area contributed by atoms with Gasteiger partial charge in [-0.15, -0.1) is 13.2 Å². The van der Waals surface area contributed by atoms with Gasteiger partial charge in [-0.3, -0.25) is 0 Å². The molecule has 3 rings (SSSR count). The SMILES string of the molecule is COc1ccc(-c2ccc(NCc3cccc(OC(F)(F)F)c3)nc2)cc1O. The molecule has 0 saturated heterocycles. The highest BCUT2D eigenvalue weighted by atomic mass is 19.4. The van der Waals surface area contributed by atoms with Crippen molar-refractivity contribution in [2.24, 2.45) is 0 Å². The molecule has 0 aliphatic rings. The van der Waals surface area contributed by atoms with Crippen molar-refractivity contribution in [3.05, 3.63) is 66.4 Å². The molecule has 8 heteroatoms. The van der Waals surface area contributed by atoms with E-state index in [1.54, 1.807) is 36.5 Å². The van der Waals surface area contributed by atoms with Crippen LogP contribution in [0.2, 0.25) is 0 Å². The Labute approximate surface area is 159 Å². The third-order valence-electron chi connectivity index (χ3n) is 3.88. The van der Waals surface area contributed by atoms with E-state index in [0.717, 1.165) is 11.1 Å². The normalized spacial score (nSPS) is 11.1. The molecule has 3 aromatic rings. The maximum absolute atomic E-state index is 12.3. The van der Waals surface area contributed by atoms with Gasteiger partial charge in [-0.05, 0) is 47.5 Å². The van der Waals surface area contributed by atoms with Gasteiger partial charge >= 0.3 is 6.36 Å². The Morgan fingerprint density at radius 1 is 1.04 bits per heavy atom. The molecule has 0 unspecified atom stereocenters. The number of rotatable bonds is 6. The molecular formula is C20H17F3N2O3. The molecule has 0 radical (unpaired) electrons. The minimum Gasteiger partial charge on any atom is -0.504 e. The van der Waals surface area contributed by atoms with Gasteiger partial charge in [-0.25, -0.2) is 4.98 Å².